The molecule has 5 rings (SSSR count). The van der Waals surface area contributed by atoms with Crippen molar-refractivity contribution in [3.8, 4) is 23.3 Å². The molecule has 0 saturated carbocycles. The van der Waals surface area contributed by atoms with E-state index >= 15 is 0 Å². The number of nitrogens with zero attached hydrogens (tertiary/aromatic N) is 2. The van der Waals surface area contributed by atoms with Crippen LogP contribution in [0.4, 0.5) is 11.5 Å². The Morgan fingerprint density at radius 1 is 1.00 bits per heavy atom. The molecule has 1 aromatic heterocycles. The van der Waals surface area contributed by atoms with Crippen molar-refractivity contribution in [1.82, 2.24) is 15.3 Å². The minimum atomic E-state index is -0.676. The lowest BCUT2D eigenvalue weighted by molar-refractivity contribution is 0.190. The van der Waals surface area contributed by atoms with E-state index in [9.17, 15) is 5.11 Å². The van der Waals surface area contributed by atoms with Crippen LogP contribution in [0.25, 0.3) is 10.9 Å². The summed E-state index contributed by atoms with van der Waals surface area (Å²) in [7, 11) is 0. The third kappa shape index (κ3) is 5.12. The fourth-order valence-corrected chi connectivity index (χ4v) is 3.84. The van der Waals surface area contributed by atoms with Gasteiger partial charge in [0.1, 0.15) is 29.7 Å². The summed E-state index contributed by atoms with van der Waals surface area (Å²) in [6.45, 7) is 0.936. The zero-order valence-corrected chi connectivity index (χ0v) is 18.0. The summed E-state index contributed by atoms with van der Waals surface area (Å²) in [5, 5.41) is 17.8. The third-order valence-electron chi connectivity index (χ3n) is 5.58. The predicted molar refractivity (Wildman–Crippen MR) is 130 cm³/mol. The molecule has 3 aromatic carbocycles. The first-order valence-electron chi connectivity index (χ1n) is 11.0. The highest BCUT2D eigenvalue weighted by molar-refractivity contribution is 5.91. The van der Waals surface area contributed by atoms with Crippen LogP contribution < -0.4 is 15.4 Å². The van der Waals surface area contributed by atoms with Crippen molar-refractivity contribution in [3.05, 3.63) is 84.7 Å². The molecule has 1 fully saturated rings. The maximum atomic E-state index is 10.3. The Morgan fingerprint density at radius 2 is 1.82 bits per heavy atom. The molecule has 6 nitrogen and oxygen atoms in total. The highest BCUT2D eigenvalue weighted by atomic mass is 16.5. The number of hydrogen-bond acceptors (Lipinski definition) is 6. The summed E-state index contributed by atoms with van der Waals surface area (Å²) in [4.78, 5) is 8.80. The Balaban J connectivity index is 1.34. The van der Waals surface area contributed by atoms with Gasteiger partial charge < -0.3 is 20.5 Å². The van der Waals surface area contributed by atoms with Gasteiger partial charge in [-0.1, -0.05) is 30.0 Å². The van der Waals surface area contributed by atoms with Gasteiger partial charge in [-0.2, -0.15) is 0 Å². The molecule has 6 heteroatoms. The third-order valence-corrected chi connectivity index (χ3v) is 5.58. The van der Waals surface area contributed by atoms with E-state index < -0.39 is 6.10 Å². The van der Waals surface area contributed by atoms with Crippen LogP contribution in [0.3, 0.4) is 0 Å². The highest BCUT2D eigenvalue weighted by Gasteiger charge is 2.20. The van der Waals surface area contributed by atoms with Crippen molar-refractivity contribution in [2.75, 3.05) is 11.9 Å². The van der Waals surface area contributed by atoms with E-state index in [0.29, 0.717) is 5.82 Å². The Hall–Kier alpha value is -3.92. The van der Waals surface area contributed by atoms with Crippen LogP contribution in [0.5, 0.6) is 11.5 Å². The van der Waals surface area contributed by atoms with Gasteiger partial charge in [-0.3, -0.25) is 0 Å². The topological polar surface area (TPSA) is 79.3 Å². The molecule has 0 amide bonds. The summed E-state index contributed by atoms with van der Waals surface area (Å²) in [5.41, 5.74) is 2.51. The summed E-state index contributed by atoms with van der Waals surface area (Å²) in [6, 6.07) is 23.2. The van der Waals surface area contributed by atoms with Crippen molar-refractivity contribution in [3.63, 3.8) is 0 Å². The molecule has 3 N–H and O–H groups in total. The molecule has 0 aliphatic carbocycles. The summed E-state index contributed by atoms with van der Waals surface area (Å²) >= 11 is 0. The van der Waals surface area contributed by atoms with Crippen LogP contribution in [0.2, 0.25) is 0 Å². The number of hydrogen-bond donors (Lipinski definition) is 3. The normalized spacial score (nSPS) is 16.1. The van der Waals surface area contributed by atoms with Gasteiger partial charge in [0.2, 0.25) is 0 Å². The summed E-state index contributed by atoms with van der Waals surface area (Å²) in [6.07, 6.45) is 2.89. The van der Waals surface area contributed by atoms with E-state index in [4.69, 9.17) is 4.74 Å². The largest absolute Gasteiger partial charge is 0.457 e. The lowest BCUT2D eigenvalue weighted by Gasteiger charge is -2.12. The maximum Gasteiger partial charge on any atom is 0.141 e. The number of ether oxygens (including phenoxy) is 1. The smallest absolute Gasteiger partial charge is 0.141 e. The standard InChI is InChI=1S/C27H24N4O2/c32-26(25-7-4-16-28-25)15-9-19-8-14-24-23(17-19)27(30-18-29-24)31-20-10-12-22(13-11-20)33-21-5-2-1-3-6-21/h1-3,5-6,8,10-14,17-18,25-26,28,32H,4,7,16H2,(H,29,30,31). The molecule has 1 aliphatic heterocycles. The molecule has 0 radical (unpaired) electrons. The Bertz CT molecular complexity index is 1290. The maximum absolute atomic E-state index is 10.3. The van der Waals surface area contributed by atoms with Crippen molar-refractivity contribution in [2.24, 2.45) is 0 Å². The monoisotopic (exact) mass is 436 g/mol. The summed E-state index contributed by atoms with van der Waals surface area (Å²) < 4.78 is 5.86. The number of nitrogens with one attached hydrogen (secondary N) is 2. The molecule has 2 heterocycles. The van der Waals surface area contributed by atoms with Crippen molar-refractivity contribution < 1.29 is 9.84 Å². The molecule has 2 atom stereocenters. The number of anilines is 2. The average Bonchev–Trinajstić information content (AvgIpc) is 3.40. The first kappa shape index (κ1) is 21.0. The quantitative estimate of drug-likeness (QED) is 0.396. The van der Waals surface area contributed by atoms with Crippen LogP contribution in [-0.2, 0) is 0 Å². The van der Waals surface area contributed by atoms with Gasteiger partial charge in [-0.05, 0) is 74.0 Å². The zero-order chi connectivity index (χ0) is 22.5. The number of benzene rings is 3. The fraction of sp³-hybridized carbons (Fsp3) is 0.185. The molecular weight excluding hydrogens is 412 g/mol. The van der Waals surface area contributed by atoms with Gasteiger partial charge in [-0.15, -0.1) is 0 Å². The van der Waals surface area contributed by atoms with E-state index in [-0.39, 0.29) is 6.04 Å². The molecule has 0 bridgehead atoms. The van der Waals surface area contributed by atoms with E-state index in [0.717, 1.165) is 53.0 Å². The molecule has 2 unspecified atom stereocenters. The number of aliphatic hydroxyl groups excluding tert-OH is 1. The van der Waals surface area contributed by atoms with Crippen LogP contribution >= 0.6 is 0 Å². The molecule has 0 spiro atoms. The average molecular weight is 437 g/mol. The second-order valence-corrected chi connectivity index (χ2v) is 7.94. The molecule has 164 valence electrons. The number of fused-ring (bicyclic) bond motifs is 1. The van der Waals surface area contributed by atoms with Crippen LogP contribution in [0.1, 0.15) is 18.4 Å². The summed E-state index contributed by atoms with van der Waals surface area (Å²) in [5.74, 6) is 8.31. The van der Waals surface area contributed by atoms with Crippen molar-refractivity contribution in [2.45, 2.75) is 25.0 Å². The van der Waals surface area contributed by atoms with E-state index in [1.54, 1.807) is 6.33 Å². The van der Waals surface area contributed by atoms with Gasteiger partial charge in [0, 0.05) is 22.7 Å². The number of para-hydroxylation sites is 1. The van der Waals surface area contributed by atoms with Crippen LogP contribution in [0, 0.1) is 11.8 Å². The van der Waals surface area contributed by atoms with E-state index in [1.807, 2.05) is 72.8 Å². The SMILES string of the molecule is OC(C#Cc1ccc2ncnc(Nc3ccc(Oc4ccccc4)cc3)c2c1)C1CCCN1. The second kappa shape index (κ2) is 9.70. The van der Waals surface area contributed by atoms with Gasteiger partial charge in [0.25, 0.3) is 0 Å². The van der Waals surface area contributed by atoms with Gasteiger partial charge >= 0.3 is 0 Å². The second-order valence-electron chi connectivity index (χ2n) is 7.94. The van der Waals surface area contributed by atoms with Crippen molar-refractivity contribution >= 4 is 22.4 Å². The minimum Gasteiger partial charge on any atom is -0.457 e. The van der Waals surface area contributed by atoms with Gasteiger partial charge in [-0.25, -0.2) is 9.97 Å². The Morgan fingerprint density at radius 3 is 2.61 bits per heavy atom. The molecule has 4 aromatic rings. The Labute approximate surface area is 192 Å². The van der Waals surface area contributed by atoms with Crippen LogP contribution in [0.15, 0.2) is 79.1 Å². The van der Waals surface area contributed by atoms with Gasteiger partial charge in [0.15, 0.2) is 0 Å². The fourth-order valence-electron chi connectivity index (χ4n) is 3.84. The number of aromatic nitrogens is 2. The molecule has 33 heavy (non-hydrogen) atoms. The van der Waals surface area contributed by atoms with Crippen molar-refractivity contribution in [1.29, 1.82) is 0 Å². The first-order valence-corrected chi connectivity index (χ1v) is 11.0. The Kier molecular flexibility index (Phi) is 6.16. The zero-order valence-electron chi connectivity index (χ0n) is 18.0. The molecule has 1 saturated heterocycles. The molecular formula is C27H24N4O2. The highest BCUT2D eigenvalue weighted by Crippen LogP contribution is 2.27. The first-order chi connectivity index (χ1) is 16.2. The van der Waals surface area contributed by atoms with Crippen LogP contribution in [-0.4, -0.2) is 33.8 Å². The number of rotatable bonds is 5. The van der Waals surface area contributed by atoms with Gasteiger partial charge in [0.05, 0.1) is 5.52 Å². The minimum absolute atomic E-state index is 0.0485. The van der Waals surface area contributed by atoms with E-state index in [1.165, 1.54) is 0 Å². The molecule has 1 aliphatic rings. The lowest BCUT2D eigenvalue weighted by atomic mass is 10.1. The number of aliphatic hydroxyl groups is 1. The predicted octanol–water partition coefficient (Wildman–Crippen LogP) is 4.63. The van der Waals surface area contributed by atoms with E-state index in [2.05, 4.69) is 32.4 Å². The lowest BCUT2D eigenvalue weighted by Crippen LogP contribution is -2.33.